The summed E-state index contributed by atoms with van der Waals surface area (Å²) >= 11 is 0. The summed E-state index contributed by atoms with van der Waals surface area (Å²) in [6.07, 6.45) is 10.8. The molecule has 0 atom stereocenters. The molecule has 1 aliphatic heterocycles. The third-order valence-corrected chi connectivity index (χ3v) is 4.67. The Labute approximate surface area is 110 Å². The molecule has 0 bridgehead atoms. The van der Waals surface area contributed by atoms with Gasteiger partial charge in [-0.1, -0.05) is 13.3 Å². The van der Waals surface area contributed by atoms with Crippen molar-refractivity contribution in [1.82, 2.24) is 9.55 Å². The second kappa shape index (κ2) is 5.43. The van der Waals surface area contributed by atoms with E-state index in [0.717, 1.165) is 37.9 Å². The monoisotopic (exact) mass is 248 g/mol. The zero-order valence-corrected chi connectivity index (χ0v) is 11.3. The number of ether oxygens (including phenoxy) is 1. The average Bonchev–Trinajstić information content (AvgIpc) is 2.83. The van der Waals surface area contributed by atoms with Crippen LogP contribution in [0.15, 0.2) is 12.5 Å². The first-order valence-electron chi connectivity index (χ1n) is 7.44. The number of nitrogens with zero attached hydrogens (tertiary/aromatic N) is 2. The maximum Gasteiger partial charge on any atom is 0.0949 e. The van der Waals surface area contributed by atoms with E-state index in [-0.39, 0.29) is 0 Å². The molecule has 100 valence electrons. The van der Waals surface area contributed by atoms with Crippen molar-refractivity contribution in [3.05, 3.63) is 18.2 Å². The topological polar surface area (TPSA) is 27.1 Å². The van der Waals surface area contributed by atoms with Gasteiger partial charge in [0.2, 0.25) is 0 Å². The molecule has 2 fully saturated rings. The first-order valence-corrected chi connectivity index (χ1v) is 7.44. The normalized spacial score (nSPS) is 29.2. The molecule has 0 unspecified atom stereocenters. The van der Waals surface area contributed by atoms with E-state index in [2.05, 4.69) is 22.7 Å². The van der Waals surface area contributed by atoms with Crippen LogP contribution in [-0.2, 0) is 11.3 Å². The predicted octanol–water partition coefficient (Wildman–Crippen LogP) is 3.21. The van der Waals surface area contributed by atoms with E-state index in [9.17, 15) is 0 Å². The molecule has 1 saturated carbocycles. The molecular formula is C15H24N2O. The van der Waals surface area contributed by atoms with E-state index in [4.69, 9.17) is 4.74 Å². The van der Waals surface area contributed by atoms with Crippen molar-refractivity contribution in [3.63, 3.8) is 0 Å². The number of hydrogen-bond donors (Lipinski definition) is 0. The minimum atomic E-state index is 0.629. The van der Waals surface area contributed by atoms with Crippen LogP contribution in [0.4, 0.5) is 0 Å². The molecule has 1 aliphatic carbocycles. The van der Waals surface area contributed by atoms with E-state index in [1.54, 1.807) is 0 Å². The number of imidazole rings is 1. The van der Waals surface area contributed by atoms with Crippen LogP contribution in [0.25, 0.3) is 0 Å². The second-order valence-electron chi connectivity index (χ2n) is 5.99. The fraction of sp³-hybridized carbons (Fsp3) is 0.800. The van der Waals surface area contributed by atoms with Crippen molar-refractivity contribution in [1.29, 1.82) is 0 Å². The summed E-state index contributed by atoms with van der Waals surface area (Å²) in [6.45, 7) is 5.28. The van der Waals surface area contributed by atoms with Gasteiger partial charge in [-0.15, -0.1) is 0 Å². The Morgan fingerprint density at radius 3 is 2.78 bits per heavy atom. The lowest BCUT2D eigenvalue weighted by Crippen LogP contribution is -2.26. The van der Waals surface area contributed by atoms with Gasteiger partial charge >= 0.3 is 0 Å². The molecule has 0 radical (unpaired) electrons. The molecule has 1 aromatic rings. The first-order chi connectivity index (χ1) is 8.85. The summed E-state index contributed by atoms with van der Waals surface area (Å²) in [7, 11) is 0. The molecule has 1 aromatic heterocycles. The lowest BCUT2D eigenvalue weighted by Gasteiger charge is -2.34. The first kappa shape index (κ1) is 12.2. The Hall–Kier alpha value is -0.830. The van der Waals surface area contributed by atoms with Gasteiger partial charge in [0.05, 0.1) is 12.0 Å². The molecule has 1 saturated heterocycles. The quantitative estimate of drug-likeness (QED) is 0.818. The fourth-order valence-corrected chi connectivity index (χ4v) is 3.34. The molecule has 0 spiro atoms. The standard InChI is InChI=1S/C15H24N2O/c1-2-12-7-13(8-12)9-17-10-15(16-11-17)14-3-5-18-6-4-14/h10-14H,2-9H2,1H3. The summed E-state index contributed by atoms with van der Waals surface area (Å²) in [5.41, 5.74) is 1.28. The smallest absolute Gasteiger partial charge is 0.0949 e. The molecule has 3 heteroatoms. The van der Waals surface area contributed by atoms with Crippen LogP contribution in [-0.4, -0.2) is 22.8 Å². The zero-order chi connectivity index (χ0) is 12.4. The summed E-state index contributed by atoms with van der Waals surface area (Å²) in [6, 6.07) is 0. The molecule has 18 heavy (non-hydrogen) atoms. The predicted molar refractivity (Wildman–Crippen MR) is 71.5 cm³/mol. The Balaban J connectivity index is 1.53. The molecule has 3 rings (SSSR count). The van der Waals surface area contributed by atoms with Crippen molar-refractivity contribution in [3.8, 4) is 0 Å². The van der Waals surface area contributed by atoms with Gasteiger partial charge in [-0.3, -0.25) is 0 Å². The van der Waals surface area contributed by atoms with E-state index < -0.39 is 0 Å². The van der Waals surface area contributed by atoms with Crippen LogP contribution in [0.2, 0.25) is 0 Å². The lowest BCUT2D eigenvalue weighted by molar-refractivity contribution is 0.0845. The van der Waals surface area contributed by atoms with Crippen LogP contribution in [0, 0.1) is 11.8 Å². The van der Waals surface area contributed by atoms with Gasteiger partial charge < -0.3 is 9.30 Å². The van der Waals surface area contributed by atoms with Crippen molar-refractivity contribution in [2.45, 2.75) is 51.5 Å². The van der Waals surface area contributed by atoms with Gasteiger partial charge in [-0.05, 0) is 37.5 Å². The van der Waals surface area contributed by atoms with Crippen LogP contribution in [0.5, 0.6) is 0 Å². The minimum absolute atomic E-state index is 0.629. The Kier molecular flexibility index (Phi) is 3.69. The largest absolute Gasteiger partial charge is 0.381 e. The maximum absolute atomic E-state index is 5.41. The summed E-state index contributed by atoms with van der Waals surface area (Å²) in [4.78, 5) is 4.60. The van der Waals surface area contributed by atoms with Gasteiger partial charge in [-0.2, -0.15) is 0 Å². The number of hydrogen-bond acceptors (Lipinski definition) is 2. The van der Waals surface area contributed by atoms with Crippen molar-refractivity contribution in [2.75, 3.05) is 13.2 Å². The van der Waals surface area contributed by atoms with Gasteiger partial charge in [0.1, 0.15) is 0 Å². The highest BCUT2D eigenvalue weighted by atomic mass is 16.5. The SMILES string of the molecule is CCC1CC(Cn2cnc(C3CCOCC3)c2)C1. The lowest BCUT2D eigenvalue weighted by atomic mass is 9.73. The third-order valence-electron chi connectivity index (χ3n) is 4.67. The molecule has 0 aromatic carbocycles. The maximum atomic E-state index is 5.41. The van der Waals surface area contributed by atoms with Crippen LogP contribution >= 0.6 is 0 Å². The van der Waals surface area contributed by atoms with Gasteiger partial charge in [-0.25, -0.2) is 4.98 Å². The average molecular weight is 248 g/mol. The van der Waals surface area contributed by atoms with Crippen LogP contribution in [0.3, 0.4) is 0 Å². The molecule has 3 nitrogen and oxygen atoms in total. The highest BCUT2D eigenvalue weighted by Crippen LogP contribution is 2.37. The highest BCUT2D eigenvalue weighted by molar-refractivity contribution is 5.05. The van der Waals surface area contributed by atoms with Crippen molar-refractivity contribution in [2.24, 2.45) is 11.8 Å². The third kappa shape index (κ3) is 2.61. The van der Waals surface area contributed by atoms with Gasteiger partial charge in [0.15, 0.2) is 0 Å². The van der Waals surface area contributed by atoms with Gasteiger partial charge in [0, 0.05) is 31.9 Å². The molecule has 0 N–H and O–H groups in total. The van der Waals surface area contributed by atoms with Crippen LogP contribution in [0.1, 0.15) is 50.6 Å². The van der Waals surface area contributed by atoms with Crippen molar-refractivity contribution < 1.29 is 4.74 Å². The molecule has 0 amide bonds. The molecule has 2 heterocycles. The van der Waals surface area contributed by atoms with Gasteiger partial charge in [0.25, 0.3) is 0 Å². The summed E-state index contributed by atoms with van der Waals surface area (Å²) < 4.78 is 7.72. The molecule has 2 aliphatic rings. The minimum Gasteiger partial charge on any atom is -0.381 e. The molecular weight excluding hydrogens is 224 g/mol. The highest BCUT2D eigenvalue weighted by Gasteiger charge is 2.27. The van der Waals surface area contributed by atoms with E-state index in [1.165, 1.54) is 31.5 Å². The zero-order valence-electron chi connectivity index (χ0n) is 11.3. The van der Waals surface area contributed by atoms with Crippen molar-refractivity contribution >= 4 is 0 Å². The Morgan fingerprint density at radius 2 is 2.06 bits per heavy atom. The fourth-order valence-electron chi connectivity index (χ4n) is 3.34. The van der Waals surface area contributed by atoms with E-state index >= 15 is 0 Å². The second-order valence-corrected chi connectivity index (χ2v) is 5.99. The van der Waals surface area contributed by atoms with E-state index in [0.29, 0.717) is 5.92 Å². The van der Waals surface area contributed by atoms with E-state index in [1.807, 2.05) is 6.33 Å². The Morgan fingerprint density at radius 1 is 1.28 bits per heavy atom. The summed E-state index contributed by atoms with van der Waals surface area (Å²) in [5, 5.41) is 0. The number of rotatable bonds is 4. The van der Waals surface area contributed by atoms with Crippen LogP contribution < -0.4 is 0 Å². The Bertz CT molecular complexity index is 376. The number of aromatic nitrogens is 2. The summed E-state index contributed by atoms with van der Waals surface area (Å²) in [5.74, 6) is 2.52.